The number of carbonyl (C=O) groups is 2. The highest BCUT2D eigenvalue weighted by atomic mass is 16.6. The Kier molecular flexibility index (Phi) is 12.4. The molecule has 0 unspecified atom stereocenters. The van der Waals surface area contributed by atoms with Gasteiger partial charge in [-0.25, -0.2) is 0 Å². The number of likely N-dealkylation sites (tertiary alicyclic amines) is 1. The first-order valence-corrected chi connectivity index (χ1v) is 20.9. The minimum absolute atomic E-state index is 0.0994. The zero-order valence-electron chi connectivity index (χ0n) is 32.4. The molecular weight excluding hydrogens is 673 g/mol. The summed E-state index contributed by atoms with van der Waals surface area (Å²) in [4.78, 5) is 31.4. The molecule has 7 rings (SSSR count). The monoisotopic (exact) mass is 732 g/mol. The Bertz CT molecular complexity index is 1740. The lowest BCUT2D eigenvalue weighted by atomic mass is 9.50. The average Bonchev–Trinajstić information content (AvgIpc) is 3.52. The van der Waals surface area contributed by atoms with E-state index in [1.54, 1.807) is 6.07 Å². The molecule has 1 amide bonds. The van der Waals surface area contributed by atoms with Gasteiger partial charge < -0.3 is 19.5 Å². The van der Waals surface area contributed by atoms with Crippen LogP contribution in [0.25, 0.3) is 0 Å². The molecular formula is C47H60N2O5. The molecule has 0 radical (unpaired) electrons. The molecule has 7 heteroatoms. The summed E-state index contributed by atoms with van der Waals surface area (Å²) < 4.78 is 12.8. The van der Waals surface area contributed by atoms with Gasteiger partial charge in [-0.15, -0.1) is 6.58 Å². The Labute approximate surface area is 322 Å². The van der Waals surface area contributed by atoms with Crippen LogP contribution in [0.3, 0.4) is 0 Å². The van der Waals surface area contributed by atoms with E-state index < -0.39 is 5.97 Å². The van der Waals surface area contributed by atoms with Crippen LogP contribution in [-0.2, 0) is 34.3 Å². The van der Waals surface area contributed by atoms with E-state index in [0.29, 0.717) is 30.4 Å². The predicted molar refractivity (Wildman–Crippen MR) is 214 cm³/mol. The number of hydrogen-bond donors (Lipinski definition) is 1. The highest BCUT2D eigenvalue weighted by Gasteiger charge is 2.67. The molecule has 1 spiro atoms. The number of ether oxygens (including phenoxy) is 2. The molecule has 288 valence electrons. The summed E-state index contributed by atoms with van der Waals surface area (Å²) in [6, 6.07) is 23.0. The van der Waals surface area contributed by atoms with E-state index in [1.165, 1.54) is 56.6 Å². The van der Waals surface area contributed by atoms with Crippen molar-refractivity contribution in [3.05, 3.63) is 102 Å². The molecule has 2 aliphatic carbocycles. The summed E-state index contributed by atoms with van der Waals surface area (Å²) in [5.74, 6) is 1.17. The van der Waals surface area contributed by atoms with E-state index in [1.807, 2.05) is 12.1 Å². The maximum Gasteiger partial charge on any atom is 0.308 e. The fourth-order valence-corrected chi connectivity index (χ4v) is 10.6. The highest BCUT2D eigenvalue weighted by Crippen LogP contribution is 2.65. The second kappa shape index (κ2) is 17.6. The number of amides is 1. The smallest absolute Gasteiger partial charge is 0.308 e. The summed E-state index contributed by atoms with van der Waals surface area (Å²) >= 11 is 0. The van der Waals surface area contributed by atoms with Crippen LogP contribution in [0, 0.1) is 5.92 Å². The number of piperidine rings is 1. The van der Waals surface area contributed by atoms with E-state index in [4.69, 9.17) is 9.47 Å². The van der Waals surface area contributed by atoms with Gasteiger partial charge >= 0.3 is 5.97 Å². The molecule has 2 aliphatic heterocycles. The molecule has 2 heterocycles. The normalized spacial score (nSPS) is 23.6. The molecule has 2 fully saturated rings. The SMILES string of the molecule is C=CCN1CC[C@]23c4c5c(O)cc(OC(C)=O)c4O[C@H]2[C@H](N(CCCc2ccccc2)C(=O)CCCCCCCCCCc2ccccc2)CC[C@H]3[C@H]1C5. The van der Waals surface area contributed by atoms with Crippen molar-refractivity contribution >= 4 is 11.9 Å². The molecule has 2 bridgehead atoms. The van der Waals surface area contributed by atoms with Gasteiger partial charge in [0.05, 0.1) is 6.04 Å². The van der Waals surface area contributed by atoms with Crippen LogP contribution < -0.4 is 9.47 Å². The van der Waals surface area contributed by atoms with Crippen molar-refractivity contribution in [2.45, 2.75) is 133 Å². The van der Waals surface area contributed by atoms with Gasteiger partial charge in [-0.05, 0) is 81.4 Å². The van der Waals surface area contributed by atoms with E-state index in [-0.39, 0.29) is 35.3 Å². The molecule has 3 aromatic carbocycles. The minimum atomic E-state index is -0.440. The predicted octanol–water partition coefficient (Wildman–Crippen LogP) is 9.13. The van der Waals surface area contributed by atoms with Gasteiger partial charge in [0.25, 0.3) is 0 Å². The molecule has 1 saturated heterocycles. The van der Waals surface area contributed by atoms with Gasteiger partial charge in [0, 0.05) is 55.1 Å². The van der Waals surface area contributed by atoms with Crippen LogP contribution in [0.1, 0.15) is 113 Å². The fourth-order valence-electron chi connectivity index (χ4n) is 10.6. The van der Waals surface area contributed by atoms with E-state index in [2.05, 4.69) is 71.0 Å². The van der Waals surface area contributed by atoms with Gasteiger partial charge in [0.1, 0.15) is 11.9 Å². The molecule has 54 heavy (non-hydrogen) atoms. The summed E-state index contributed by atoms with van der Waals surface area (Å²) in [7, 11) is 0. The Hall–Kier alpha value is -4.10. The number of phenolic OH excluding ortho intramolecular Hbond substituents is 1. The van der Waals surface area contributed by atoms with Crippen LogP contribution in [0.15, 0.2) is 79.4 Å². The van der Waals surface area contributed by atoms with Crippen LogP contribution in [0.2, 0.25) is 0 Å². The number of aromatic hydroxyl groups is 1. The molecule has 1 N–H and O–H groups in total. The molecule has 0 aromatic heterocycles. The first-order chi connectivity index (χ1) is 26.4. The van der Waals surface area contributed by atoms with Gasteiger partial charge in [0.15, 0.2) is 11.5 Å². The number of aryl methyl sites for hydroxylation is 2. The maximum absolute atomic E-state index is 14.4. The van der Waals surface area contributed by atoms with Crippen molar-refractivity contribution in [2.24, 2.45) is 5.92 Å². The third-order valence-electron chi connectivity index (χ3n) is 13.0. The highest BCUT2D eigenvalue weighted by molar-refractivity contribution is 5.77. The summed E-state index contributed by atoms with van der Waals surface area (Å²) in [5.41, 5.74) is 4.30. The molecule has 4 aliphatic rings. The largest absolute Gasteiger partial charge is 0.508 e. The summed E-state index contributed by atoms with van der Waals surface area (Å²) in [6.45, 7) is 7.82. The lowest BCUT2D eigenvalue weighted by Gasteiger charge is -2.60. The lowest BCUT2D eigenvalue weighted by Crippen LogP contribution is -2.69. The number of nitrogens with zero attached hydrogens (tertiary/aromatic N) is 2. The van der Waals surface area contributed by atoms with E-state index in [9.17, 15) is 14.7 Å². The minimum Gasteiger partial charge on any atom is -0.508 e. The maximum atomic E-state index is 14.4. The molecule has 5 atom stereocenters. The number of esters is 1. The van der Waals surface area contributed by atoms with Crippen LogP contribution >= 0.6 is 0 Å². The first-order valence-electron chi connectivity index (χ1n) is 20.9. The van der Waals surface area contributed by atoms with E-state index in [0.717, 1.165) is 82.0 Å². The van der Waals surface area contributed by atoms with Crippen molar-refractivity contribution in [3.63, 3.8) is 0 Å². The molecule has 3 aromatic rings. The molecule has 1 saturated carbocycles. The van der Waals surface area contributed by atoms with Crippen molar-refractivity contribution < 1.29 is 24.2 Å². The Morgan fingerprint density at radius 1 is 0.926 bits per heavy atom. The number of hydrogen-bond acceptors (Lipinski definition) is 6. The van der Waals surface area contributed by atoms with Gasteiger partial charge in [0.2, 0.25) is 5.91 Å². The zero-order chi connectivity index (χ0) is 37.5. The van der Waals surface area contributed by atoms with Crippen molar-refractivity contribution in [1.82, 2.24) is 9.80 Å². The third kappa shape index (κ3) is 7.98. The van der Waals surface area contributed by atoms with Gasteiger partial charge in [-0.1, -0.05) is 105 Å². The quantitative estimate of drug-likeness (QED) is 0.0574. The number of rotatable bonds is 19. The first kappa shape index (κ1) is 38.2. The number of carbonyl (C=O) groups excluding carboxylic acids is 2. The van der Waals surface area contributed by atoms with Crippen LogP contribution in [-0.4, -0.2) is 64.6 Å². The number of phenols is 1. The Morgan fingerprint density at radius 3 is 2.24 bits per heavy atom. The van der Waals surface area contributed by atoms with Crippen molar-refractivity contribution in [1.29, 1.82) is 0 Å². The van der Waals surface area contributed by atoms with Crippen molar-refractivity contribution in [3.8, 4) is 17.2 Å². The van der Waals surface area contributed by atoms with Gasteiger partial charge in [-0.2, -0.15) is 0 Å². The fraction of sp³-hybridized carbons (Fsp3) is 0.532. The number of benzene rings is 3. The second-order valence-electron chi connectivity index (χ2n) is 16.3. The lowest BCUT2D eigenvalue weighted by molar-refractivity contribution is -0.142. The third-order valence-corrected chi connectivity index (χ3v) is 13.0. The number of unbranched alkanes of at least 4 members (excludes halogenated alkanes) is 7. The van der Waals surface area contributed by atoms with Crippen LogP contribution in [0.4, 0.5) is 0 Å². The standard InChI is InChI=1S/C47H60N2O5/c1-3-29-48-31-28-47-38-26-27-39(46(47)54-45-42(53-34(2)50)33-41(51)37(44(45)47)32-40(38)48)49(30-18-24-36-22-15-11-16-23-36)43(52)25-17-9-7-5-4-6-8-12-19-35-20-13-10-14-21-35/h3,10-11,13-16,20-23,33,38-40,46,51H,1,4-9,12,17-19,24-32H2,2H3/t38-,39+,40+,46-,47-/m0/s1. The summed E-state index contributed by atoms with van der Waals surface area (Å²) in [5, 5.41) is 11.4. The Balaban J connectivity index is 1.05. The van der Waals surface area contributed by atoms with Crippen molar-refractivity contribution in [2.75, 3.05) is 19.6 Å². The summed E-state index contributed by atoms with van der Waals surface area (Å²) in [6.07, 6.45) is 18.1. The average molecular weight is 733 g/mol. The zero-order valence-corrected chi connectivity index (χ0v) is 32.4. The van der Waals surface area contributed by atoms with Crippen LogP contribution in [0.5, 0.6) is 17.2 Å². The second-order valence-corrected chi connectivity index (χ2v) is 16.3. The van der Waals surface area contributed by atoms with E-state index >= 15 is 0 Å². The topological polar surface area (TPSA) is 79.3 Å². The Morgan fingerprint density at radius 2 is 1.57 bits per heavy atom. The van der Waals surface area contributed by atoms with Gasteiger partial charge in [-0.3, -0.25) is 14.5 Å². The molecule has 7 nitrogen and oxygen atoms in total.